The minimum Gasteiger partial charge on any atom is -0.306 e. The highest BCUT2D eigenvalue weighted by Gasteiger charge is 2.62. The van der Waals surface area contributed by atoms with Crippen LogP contribution in [0.5, 0.6) is 0 Å². The summed E-state index contributed by atoms with van der Waals surface area (Å²) in [4.78, 5) is 13.7. The van der Waals surface area contributed by atoms with E-state index >= 15 is 0 Å². The number of carbonyl (C=O) groups excluding carboxylic acids is 1. The van der Waals surface area contributed by atoms with Gasteiger partial charge in [-0.05, 0) is 31.0 Å². The summed E-state index contributed by atoms with van der Waals surface area (Å²) in [6.07, 6.45) is 1.48. The minimum atomic E-state index is -0.266. The summed E-state index contributed by atoms with van der Waals surface area (Å²) >= 11 is 0. The molecule has 2 aliphatic rings. The molecule has 1 amide bonds. The van der Waals surface area contributed by atoms with Gasteiger partial charge in [0.05, 0.1) is 11.2 Å². The maximum absolute atomic E-state index is 13.2. The van der Waals surface area contributed by atoms with E-state index in [0.29, 0.717) is 12.3 Å². The average molecular weight is 219 g/mol. The zero-order valence-corrected chi connectivity index (χ0v) is 9.46. The smallest absolute Gasteiger partial charge is 0.227 e. The number of hydrogen-bond acceptors (Lipinski definition) is 1. The Labute approximate surface area is 94.1 Å². The molecule has 0 radical (unpaired) electrons. The van der Waals surface area contributed by atoms with Crippen LogP contribution in [0.25, 0.3) is 0 Å². The number of fused-ring (bicyclic) bond motifs is 3. The number of anilines is 1. The van der Waals surface area contributed by atoms with Gasteiger partial charge in [-0.2, -0.15) is 0 Å². The van der Waals surface area contributed by atoms with E-state index < -0.39 is 0 Å². The predicted molar refractivity (Wildman–Crippen MR) is 59.9 cm³/mol. The predicted octanol–water partition coefficient (Wildman–Crippen LogP) is 2.83. The highest BCUT2D eigenvalue weighted by molar-refractivity contribution is 5.99. The molecule has 16 heavy (non-hydrogen) atoms. The van der Waals surface area contributed by atoms with Crippen LogP contribution in [0.15, 0.2) is 18.2 Å². The summed E-state index contributed by atoms with van der Waals surface area (Å²) in [6, 6.07) is 4.79. The van der Waals surface area contributed by atoms with E-state index in [1.165, 1.54) is 12.1 Å². The number of benzene rings is 1. The normalized spacial score (nSPS) is 29.9. The van der Waals surface area contributed by atoms with Crippen molar-refractivity contribution in [1.29, 1.82) is 0 Å². The molecule has 2 unspecified atom stereocenters. The first-order valence-electron chi connectivity index (χ1n) is 5.70. The summed E-state index contributed by atoms with van der Waals surface area (Å²) in [5.74, 6) is 0.241. The van der Waals surface area contributed by atoms with Crippen LogP contribution >= 0.6 is 0 Å². The fourth-order valence-electron chi connectivity index (χ4n) is 2.90. The monoisotopic (exact) mass is 219 g/mol. The molecule has 1 aromatic rings. The summed E-state index contributed by atoms with van der Waals surface area (Å²) in [6.45, 7) is 3.93. The molecule has 1 saturated carbocycles. The highest BCUT2D eigenvalue weighted by Crippen LogP contribution is 2.64. The average Bonchev–Trinajstić information content (AvgIpc) is 2.85. The highest BCUT2D eigenvalue weighted by atomic mass is 19.1. The van der Waals surface area contributed by atoms with Crippen LogP contribution in [0.4, 0.5) is 10.1 Å². The van der Waals surface area contributed by atoms with Gasteiger partial charge in [-0.1, -0.05) is 13.0 Å². The molecular formula is C13H14FNO. The molecule has 0 bridgehead atoms. The van der Waals surface area contributed by atoms with Gasteiger partial charge in [-0.25, -0.2) is 4.39 Å². The second-order valence-corrected chi connectivity index (χ2v) is 4.90. The van der Waals surface area contributed by atoms with E-state index in [9.17, 15) is 9.18 Å². The number of amides is 1. The summed E-state index contributed by atoms with van der Waals surface area (Å²) in [5, 5.41) is 0. The Morgan fingerprint density at radius 3 is 3.06 bits per heavy atom. The van der Waals surface area contributed by atoms with Crippen LogP contribution < -0.4 is 4.90 Å². The van der Waals surface area contributed by atoms with Crippen molar-refractivity contribution in [3.05, 3.63) is 29.6 Å². The second kappa shape index (κ2) is 2.84. The van der Waals surface area contributed by atoms with Gasteiger partial charge in [-0.15, -0.1) is 0 Å². The van der Waals surface area contributed by atoms with Crippen molar-refractivity contribution in [3.63, 3.8) is 0 Å². The zero-order chi connectivity index (χ0) is 11.5. The number of hydrogen-bond donors (Lipinski definition) is 0. The Morgan fingerprint density at radius 1 is 1.62 bits per heavy atom. The third-order valence-corrected chi connectivity index (χ3v) is 3.88. The fourth-order valence-corrected chi connectivity index (χ4v) is 2.90. The molecule has 0 aromatic heterocycles. The lowest BCUT2D eigenvalue weighted by atomic mass is 10.1. The lowest BCUT2D eigenvalue weighted by Crippen LogP contribution is -2.38. The minimum absolute atomic E-state index is 0.0801. The standard InChI is InChI=1S/C13H14FNO/c1-3-12(16)15-11-6-8(14)4-5-9(11)10-7-13(10,15)2/h4-6,10H,3,7H2,1-2H3. The third kappa shape index (κ3) is 1.03. The van der Waals surface area contributed by atoms with Crippen molar-refractivity contribution >= 4 is 11.6 Å². The van der Waals surface area contributed by atoms with Gasteiger partial charge in [0.2, 0.25) is 5.91 Å². The Hall–Kier alpha value is -1.38. The van der Waals surface area contributed by atoms with Gasteiger partial charge in [0.1, 0.15) is 5.82 Å². The van der Waals surface area contributed by atoms with E-state index in [0.717, 1.165) is 17.7 Å². The molecule has 84 valence electrons. The third-order valence-electron chi connectivity index (χ3n) is 3.88. The van der Waals surface area contributed by atoms with Gasteiger partial charge in [0.25, 0.3) is 0 Å². The molecule has 0 N–H and O–H groups in total. The first-order valence-corrected chi connectivity index (χ1v) is 5.70. The first-order chi connectivity index (χ1) is 7.58. The number of carbonyl (C=O) groups is 1. The van der Waals surface area contributed by atoms with Crippen molar-refractivity contribution in [2.75, 3.05) is 4.90 Å². The molecule has 0 spiro atoms. The van der Waals surface area contributed by atoms with Crippen LogP contribution in [0.1, 0.15) is 38.2 Å². The Morgan fingerprint density at radius 2 is 2.38 bits per heavy atom. The molecule has 3 heteroatoms. The maximum Gasteiger partial charge on any atom is 0.227 e. The number of halogens is 1. The van der Waals surface area contributed by atoms with E-state index in [1.807, 2.05) is 13.0 Å². The quantitative estimate of drug-likeness (QED) is 0.711. The van der Waals surface area contributed by atoms with E-state index in [2.05, 4.69) is 6.92 Å². The molecule has 0 saturated heterocycles. The number of nitrogens with zero attached hydrogens (tertiary/aromatic N) is 1. The fraction of sp³-hybridized carbons (Fsp3) is 0.462. The van der Waals surface area contributed by atoms with Gasteiger partial charge in [-0.3, -0.25) is 4.79 Å². The lowest BCUT2D eigenvalue weighted by molar-refractivity contribution is -0.118. The molecule has 1 aliphatic carbocycles. The van der Waals surface area contributed by atoms with E-state index in [1.54, 1.807) is 4.90 Å². The molecule has 3 rings (SSSR count). The SMILES string of the molecule is CCC(=O)N1c2cc(F)ccc2C2CC21C. The second-order valence-electron chi connectivity index (χ2n) is 4.90. The van der Waals surface area contributed by atoms with Crippen molar-refractivity contribution in [2.45, 2.75) is 38.1 Å². The molecular weight excluding hydrogens is 205 g/mol. The first kappa shape index (κ1) is 9.82. The van der Waals surface area contributed by atoms with E-state index in [4.69, 9.17) is 0 Å². The van der Waals surface area contributed by atoms with Gasteiger partial charge in [0, 0.05) is 12.3 Å². The van der Waals surface area contributed by atoms with Crippen molar-refractivity contribution in [1.82, 2.24) is 0 Å². The summed E-state index contributed by atoms with van der Waals surface area (Å²) < 4.78 is 13.2. The van der Waals surface area contributed by atoms with Gasteiger partial charge < -0.3 is 4.90 Å². The van der Waals surface area contributed by atoms with Crippen LogP contribution in [-0.4, -0.2) is 11.4 Å². The van der Waals surface area contributed by atoms with Crippen LogP contribution in [0, 0.1) is 5.82 Å². The molecule has 1 fully saturated rings. The molecule has 2 atom stereocenters. The summed E-state index contributed by atoms with van der Waals surface area (Å²) in [5.41, 5.74) is 1.83. The zero-order valence-electron chi connectivity index (χ0n) is 9.46. The Kier molecular flexibility index (Phi) is 1.74. The van der Waals surface area contributed by atoms with Gasteiger partial charge >= 0.3 is 0 Å². The van der Waals surface area contributed by atoms with Crippen LogP contribution in [0.2, 0.25) is 0 Å². The van der Waals surface area contributed by atoms with E-state index in [-0.39, 0.29) is 17.3 Å². The lowest BCUT2D eigenvalue weighted by Gasteiger charge is -2.26. The summed E-state index contributed by atoms with van der Waals surface area (Å²) in [7, 11) is 0. The topological polar surface area (TPSA) is 20.3 Å². The molecule has 1 aliphatic heterocycles. The van der Waals surface area contributed by atoms with Gasteiger partial charge in [0.15, 0.2) is 0 Å². The number of rotatable bonds is 1. The van der Waals surface area contributed by atoms with Crippen molar-refractivity contribution in [2.24, 2.45) is 0 Å². The Bertz CT molecular complexity index is 485. The largest absolute Gasteiger partial charge is 0.306 e. The molecule has 2 nitrogen and oxygen atoms in total. The van der Waals surface area contributed by atoms with Crippen molar-refractivity contribution in [3.8, 4) is 0 Å². The Balaban J connectivity index is 2.13. The van der Waals surface area contributed by atoms with Crippen molar-refractivity contribution < 1.29 is 9.18 Å². The molecule has 1 heterocycles. The maximum atomic E-state index is 13.2. The van der Waals surface area contributed by atoms with Crippen LogP contribution in [0.3, 0.4) is 0 Å². The molecule has 1 aromatic carbocycles. The van der Waals surface area contributed by atoms with Crippen LogP contribution in [-0.2, 0) is 4.79 Å².